The van der Waals surface area contributed by atoms with Crippen molar-refractivity contribution in [1.82, 2.24) is 8.65 Å². The predicted octanol–water partition coefficient (Wildman–Crippen LogP) is 3.56. The number of halogens is 5. The molecule has 2 aromatic carbocycles. The van der Waals surface area contributed by atoms with Gasteiger partial charge in [-0.3, -0.25) is 9.36 Å². The third-order valence-electron chi connectivity index (χ3n) is 4.35. The maximum atomic E-state index is 12.9. The molecule has 0 aliphatic heterocycles. The van der Waals surface area contributed by atoms with Crippen molar-refractivity contribution in [3.05, 3.63) is 67.8 Å². The van der Waals surface area contributed by atoms with Crippen molar-refractivity contribution in [2.75, 3.05) is 5.75 Å². The highest BCUT2D eigenvalue weighted by Crippen LogP contribution is 2.26. The first-order valence-electron chi connectivity index (χ1n) is 8.56. The number of ether oxygens (including phenoxy) is 1. The van der Waals surface area contributed by atoms with Crippen LogP contribution in [0.4, 0.5) is 13.2 Å². The molecule has 0 aliphatic rings. The fourth-order valence-electron chi connectivity index (χ4n) is 2.94. The van der Waals surface area contributed by atoms with E-state index in [0.717, 1.165) is 18.2 Å². The topological polar surface area (TPSA) is 87.4 Å². The smallest absolute Gasteiger partial charge is 0.406 e. The van der Waals surface area contributed by atoms with Gasteiger partial charge < -0.3 is 4.74 Å². The van der Waals surface area contributed by atoms with E-state index in [1.165, 1.54) is 25.1 Å². The number of hydrogen-bond donors (Lipinski definition) is 0. The zero-order valence-electron chi connectivity index (χ0n) is 15.6. The molecule has 0 spiro atoms. The summed E-state index contributed by atoms with van der Waals surface area (Å²) >= 11 is 11.9. The Morgan fingerprint density at radius 1 is 1.10 bits per heavy atom. The largest absolute Gasteiger partial charge is 0.573 e. The number of fused-ring (bicyclic) bond motifs is 1. The van der Waals surface area contributed by atoms with Gasteiger partial charge in [0.25, 0.3) is 5.56 Å². The summed E-state index contributed by atoms with van der Waals surface area (Å²) in [4.78, 5) is 25.4. The van der Waals surface area contributed by atoms with E-state index >= 15 is 0 Å². The monoisotopic (exact) mass is 496 g/mol. The van der Waals surface area contributed by atoms with E-state index in [1.54, 1.807) is 0 Å². The average molecular weight is 497 g/mol. The fourth-order valence-corrected chi connectivity index (χ4v) is 4.48. The highest BCUT2D eigenvalue weighted by Gasteiger charge is 2.31. The van der Waals surface area contributed by atoms with Gasteiger partial charge in [-0.15, -0.1) is 13.2 Å². The van der Waals surface area contributed by atoms with Gasteiger partial charge in [-0.2, -0.15) is 0 Å². The van der Waals surface area contributed by atoms with Crippen LogP contribution in [0.25, 0.3) is 10.9 Å². The van der Waals surface area contributed by atoms with Crippen LogP contribution in [-0.4, -0.2) is 29.2 Å². The number of aromatic nitrogens is 2. The molecule has 0 unspecified atom stereocenters. The third kappa shape index (κ3) is 4.73. The van der Waals surface area contributed by atoms with Crippen molar-refractivity contribution in [3.63, 3.8) is 0 Å². The molecule has 3 rings (SSSR count). The Morgan fingerprint density at radius 2 is 1.77 bits per heavy atom. The number of rotatable bonds is 5. The Kier molecular flexibility index (Phi) is 6.14. The molecule has 0 radical (unpaired) electrons. The summed E-state index contributed by atoms with van der Waals surface area (Å²) in [6.07, 6.45) is -4.99. The van der Waals surface area contributed by atoms with Gasteiger partial charge in [-0.05, 0) is 42.0 Å². The van der Waals surface area contributed by atoms with Crippen molar-refractivity contribution in [2.24, 2.45) is 0 Å². The van der Waals surface area contributed by atoms with Crippen LogP contribution in [0, 0.1) is 0 Å². The summed E-state index contributed by atoms with van der Waals surface area (Å²) < 4.78 is 67.3. The molecule has 0 saturated heterocycles. The third-order valence-corrected chi connectivity index (χ3v) is 6.74. The lowest BCUT2D eigenvalue weighted by Crippen LogP contribution is -2.38. The molecule has 0 amide bonds. The highest BCUT2D eigenvalue weighted by molar-refractivity contribution is 7.91. The first-order valence-corrected chi connectivity index (χ1v) is 10.9. The second-order valence-electron chi connectivity index (χ2n) is 6.34. The molecule has 0 saturated carbocycles. The number of hydrogen-bond acceptors (Lipinski definition) is 5. The Bertz CT molecular complexity index is 1400. The number of sulfone groups is 1. The molecule has 0 atom stereocenters. The van der Waals surface area contributed by atoms with E-state index in [9.17, 15) is 31.2 Å². The van der Waals surface area contributed by atoms with E-state index in [4.69, 9.17) is 23.4 Å². The van der Waals surface area contributed by atoms with Crippen LogP contribution in [-0.2, 0) is 16.4 Å². The summed E-state index contributed by atoms with van der Waals surface area (Å²) in [5.41, 5.74) is -2.09. The summed E-state index contributed by atoms with van der Waals surface area (Å²) in [7, 11) is -3.73. The molecular formula is C18H13Cl2F3N2O5S. The van der Waals surface area contributed by atoms with Crippen molar-refractivity contribution in [2.45, 2.75) is 24.7 Å². The van der Waals surface area contributed by atoms with Crippen LogP contribution in [0.5, 0.6) is 5.75 Å². The first-order chi connectivity index (χ1) is 14.3. The minimum Gasteiger partial charge on any atom is -0.406 e. The first kappa shape index (κ1) is 23.2. The van der Waals surface area contributed by atoms with Crippen LogP contribution >= 0.6 is 23.4 Å². The van der Waals surface area contributed by atoms with Crippen molar-refractivity contribution >= 4 is 44.1 Å². The molecule has 0 aliphatic carbocycles. The summed E-state index contributed by atoms with van der Waals surface area (Å²) in [6.45, 7) is 0.893. The van der Waals surface area contributed by atoms with Gasteiger partial charge in [0.05, 0.1) is 28.1 Å². The zero-order valence-corrected chi connectivity index (χ0v) is 17.9. The van der Waals surface area contributed by atoms with Crippen molar-refractivity contribution in [1.29, 1.82) is 0 Å². The van der Waals surface area contributed by atoms with Crippen LogP contribution in [0.3, 0.4) is 0 Å². The highest BCUT2D eigenvalue weighted by atomic mass is 35.5. The van der Waals surface area contributed by atoms with Gasteiger partial charge in [0.15, 0.2) is 9.84 Å². The van der Waals surface area contributed by atoms with E-state index in [0.29, 0.717) is 8.65 Å². The van der Waals surface area contributed by atoms with Crippen LogP contribution < -0.4 is 16.0 Å². The fraction of sp³-hybridized carbons (Fsp3) is 0.222. The SMILES string of the molecule is CCS(=O)(=O)c1ccc(Cl)cc1Cn1c(=O)c2cc(OC(F)(F)F)ccc2n(Cl)c1=O. The minimum atomic E-state index is -4.99. The second-order valence-corrected chi connectivity index (χ2v) is 9.36. The van der Waals surface area contributed by atoms with Gasteiger partial charge in [0.1, 0.15) is 5.75 Å². The van der Waals surface area contributed by atoms with Crippen LogP contribution in [0.15, 0.2) is 50.9 Å². The molecule has 0 bridgehead atoms. The van der Waals surface area contributed by atoms with Gasteiger partial charge in [-0.1, -0.05) is 18.5 Å². The lowest BCUT2D eigenvalue weighted by molar-refractivity contribution is -0.274. The predicted molar refractivity (Wildman–Crippen MR) is 109 cm³/mol. The normalized spacial score (nSPS) is 12.3. The Morgan fingerprint density at radius 3 is 2.39 bits per heavy atom. The van der Waals surface area contributed by atoms with E-state index < -0.39 is 39.7 Å². The lowest BCUT2D eigenvalue weighted by atomic mass is 10.2. The van der Waals surface area contributed by atoms with Gasteiger partial charge in [0, 0.05) is 16.8 Å². The summed E-state index contributed by atoms with van der Waals surface area (Å²) in [5, 5.41) is -0.177. The van der Waals surface area contributed by atoms with Crippen LogP contribution in [0.2, 0.25) is 5.02 Å². The minimum absolute atomic E-state index is 0.0484. The number of benzene rings is 2. The molecule has 31 heavy (non-hydrogen) atoms. The second kappa shape index (κ2) is 8.21. The molecule has 1 heterocycles. The van der Waals surface area contributed by atoms with Gasteiger partial charge in [-0.25, -0.2) is 17.3 Å². The molecule has 13 heteroatoms. The Balaban J connectivity index is 2.24. The molecule has 166 valence electrons. The Hall–Kier alpha value is -2.50. The quantitative estimate of drug-likeness (QED) is 0.538. The standard InChI is InChI=1S/C18H13Cl2F3N2O5S/c1-2-31(28,29)15-6-3-11(19)7-10(15)9-24-16(26)13-8-12(30-18(21,22)23)4-5-14(13)25(20)17(24)27/h3-8H,2,9H2,1H3. The van der Waals surface area contributed by atoms with Gasteiger partial charge in [0.2, 0.25) is 0 Å². The molecule has 7 nitrogen and oxygen atoms in total. The maximum Gasteiger partial charge on any atom is 0.573 e. The van der Waals surface area contributed by atoms with Gasteiger partial charge >= 0.3 is 12.1 Å². The van der Waals surface area contributed by atoms with Crippen molar-refractivity contribution in [3.8, 4) is 5.75 Å². The lowest BCUT2D eigenvalue weighted by Gasteiger charge is -2.14. The molecule has 0 N–H and O–H groups in total. The van der Waals surface area contributed by atoms with Crippen molar-refractivity contribution < 1.29 is 26.3 Å². The average Bonchev–Trinajstić information content (AvgIpc) is 2.68. The molecular weight excluding hydrogens is 484 g/mol. The van der Waals surface area contributed by atoms with Crippen LogP contribution in [0.1, 0.15) is 12.5 Å². The number of alkyl halides is 3. The number of nitrogens with zero attached hydrogens (tertiary/aromatic N) is 2. The molecule has 0 fully saturated rings. The van der Waals surface area contributed by atoms with E-state index in [1.807, 2.05) is 0 Å². The maximum absolute atomic E-state index is 12.9. The summed E-state index contributed by atoms with van der Waals surface area (Å²) in [5.74, 6) is -0.928. The zero-order chi connectivity index (χ0) is 23.1. The molecule has 3 aromatic rings. The molecule has 1 aromatic heterocycles. The Labute approximate surface area is 183 Å². The summed E-state index contributed by atoms with van der Waals surface area (Å²) in [6, 6.07) is 6.60. The van der Waals surface area contributed by atoms with E-state index in [2.05, 4.69) is 4.74 Å². The van der Waals surface area contributed by atoms with E-state index in [-0.39, 0.29) is 32.1 Å².